The highest BCUT2D eigenvalue weighted by Crippen LogP contribution is 2.17. The molecule has 0 aliphatic rings. The number of ether oxygens (including phenoxy) is 1. The predicted octanol–water partition coefficient (Wildman–Crippen LogP) is 4.05. The zero-order chi connectivity index (χ0) is 14.3. The summed E-state index contributed by atoms with van der Waals surface area (Å²) in [4.78, 5) is 11.7. The largest absolute Gasteiger partial charge is 0.508 e. The third-order valence-corrected chi connectivity index (χ3v) is 2.95. The van der Waals surface area contributed by atoms with Crippen LogP contribution in [0.5, 0.6) is 5.75 Å². The van der Waals surface area contributed by atoms with Crippen LogP contribution in [0, 0.1) is 5.82 Å². The van der Waals surface area contributed by atoms with E-state index in [1.165, 1.54) is 18.6 Å². The monoisotopic (exact) mass is 268 g/mol. The molecule has 0 saturated heterocycles. The molecule has 0 aliphatic carbocycles. The summed E-state index contributed by atoms with van der Waals surface area (Å²) in [6.45, 7) is 3.94. The fourth-order valence-corrected chi connectivity index (χ4v) is 1.83. The Hall–Kier alpha value is -1.58. The lowest BCUT2D eigenvalue weighted by atomic mass is 10.1. The molecule has 0 heterocycles. The van der Waals surface area contributed by atoms with E-state index in [0.717, 1.165) is 31.7 Å². The molecular weight excluding hydrogens is 247 g/mol. The molecule has 1 aromatic rings. The van der Waals surface area contributed by atoms with Crippen molar-refractivity contribution < 1.29 is 19.0 Å². The highest BCUT2D eigenvalue weighted by atomic mass is 19.1. The average molecular weight is 268 g/mol. The summed E-state index contributed by atoms with van der Waals surface area (Å²) >= 11 is 0. The molecule has 0 aromatic heterocycles. The Morgan fingerprint density at radius 1 is 1.37 bits per heavy atom. The molecule has 3 nitrogen and oxygen atoms in total. The molecule has 1 rings (SSSR count). The summed E-state index contributed by atoms with van der Waals surface area (Å²) in [6.07, 6.45) is 5.01. The SMILES string of the molecule is CCCCCC[C@H](C)OC(=O)c1ccc(O)cc1F. The van der Waals surface area contributed by atoms with Crippen LogP contribution in [0.3, 0.4) is 0 Å². The third kappa shape index (κ3) is 5.28. The van der Waals surface area contributed by atoms with Gasteiger partial charge in [-0.15, -0.1) is 0 Å². The molecule has 0 amide bonds. The zero-order valence-electron chi connectivity index (χ0n) is 11.5. The average Bonchev–Trinajstić information content (AvgIpc) is 2.34. The smallest absolute Gasteiger partial charge is 0.341 e. The van der Waals surface area contributed by atoms with Gasteiger partial charge in [-0.1, -0.05) is 26.2 Å². The Morgan fingerprint density at radius 3 is 2.74 bits per heavy atom. The summed E-state index contributed by atoms with van der Waals surface area (Å²) in [6, 6.07) is 3.41. The number of phenolic OH excluding ortho intramolecular Hbond substituents is 1. The number of halogens is 1. The molecule has 106 valence electrons. The van der Waals surface area contributed by atoms with E-state index in [1.807, 2.05) is 6.92 Å². The molecule has 1 N–H and O–H groups in total. The molecule has 0 radical (unpaired) electrons. The molecule has 0 fully saturated rings. The van der Waals surface area contributed by atoms with Crippen molar-refractivity contribution in [2.24, 2.45) is 0 Å². The standard InChI is InChI=1S/C15H21FO3/c1-3-4-5-6-7-11(2)19-15(18)13-9-8-12(17)10-14(13)16/h8-11,17H,3-7H2,1-2H3/t11-/m0/s1. The van der Waals surface area contributed by atoms with Gasteiger partial charge in [-0.05, 0) is 31.9 Å². The fraction of sp³-hybridized carbons (Fsp3) is 0.533. The first-order valence-electron chi connectivity index (χ1n) is 6.74. The molecule has 4 heteroatoms. The quantitative estimate of drug-likeness (QED) is 0.599. The van der Waals surface area contributed by atoms with Crippen LogP contribution in [-0.4, -0.2) is 17.2 Å². The van der Waals surface area contributed by atoms with Crippen LogP contribution >= 0.6 is 0 Å². The maximum absolute atomic E-state index is 13.4. The first-order valence-corrected chi connectivity index (χ1v) is 6.74. The highest BCUT2D eigenvalue weighted by Gasteiger charge is 2.16. The first kappa shape index (κ1) is 15.5. The summed E-state index contributed by atoms with van der Waals surface area (Å²) in [5.74, 6) is -1.65. The van der Waals surface area contributed by atoms with Gasteiger partial charge < -0.3 is 9.84 Å². The van der Waals surface area contributed by atoms with Crippen LogP contribution in [0.1, 0.15) is 56.3 Å². The van der Waals surface area contributed by atoms with Gasteiger partial charge in [0, 0.05) is 6.07 Å². The van der Waals surface area contributed by atoms with Crippen LogP contribution < -0.4 is 0 Å². The van der Waals surface area contributed by atoms with Crippen molar-refractivity contribution in [3.05, 3.63) is 29.6 Å². The number of hydrogen-bond donors (Lipinski definition) is 1. The molecule has 19 heavy (non-hydrogen) atoms. The second-order valence-electron chi connectivity index (χ2n) is 4.73. The van der Waals surface area contributed by atoms with E-state index in [9.17, 15) is 9.18 Å². The van der Waals surface area contributed by atoms with Gasteiger partial charge in [0.05, 0.1) is 11.7 Å². The highest BCUT2D eigenvalue weighted by molar-refractivity contribution is 5.89. The molecule has 0 spiro atoms. The van der Waals surface area contributed by atoms with Crippen LogP contribution in [0.4, 0.5) is 4.39 Å². The van der Waals surface area contributed by atoms with Crippen LogP contribution in [0.15, 0.2) is 18.2 Å². The molecule has 0 bridgehead atoms. The summed E-state index contributed by atoms with van der Waals surface area (Å²) in [5.41, 5.74) is -0.141. The van der Waals surface area contributed by atoms with Crippen molar-refractivity contribution in [2.45, 2.75) is 52.1 Å². The van der Waals surface area contributed by atoms with Crippen molar-refractivity contribution in [3.63, 3.8) is 0 Å². The minimum Gasteiger partial charge on any atom is -0.508 e. The predicted molar refractivity (Wildman–Crippen MR) is 71.7 cm³/mol. The summed E-state index contributed by atoms with van der Waals surface area (Å²) in [5, 5.41) is 9.08. The van der Waals surface area contributed by atoms with Crippen molar-refractivity contribution in [1.29, 1.82) is 0 Å². The molecule has 0 unspecified atom stereocenters. The number of hydrogen-bond acceptors (Lipinski definition) is 3. The number of unbranched alkanes of at least 4 members (excludes halogenated alkanes) is 3. The maximum atomic E-state index is 13.4. The van der Waals surface area contributed by atoms with Crippen molar-refractivity contribution in [1.82, 2.24) is 0 Å². The maximum Gasteiger partial charge on any atom is 0.341 e. The van der Waals surface area contributed by atoms with Crippen LogP contribution in [-0.2, 0) is 4.74 Å². The van der Waals surface area contributed by atoms with Gasteiger partial charge in [-0.3, -0.25) is 0 Å². The van der Waals surface area contributed by atoms with E-state index in [-0.39, 0.29) is 17.4 Å². The summed E-state index contributed by atoms with van der Waals surface area (Å²) < 4.78 is 18.6. The number of carbonyl (C=O) groups is 1. The van der Waals surface area contributed by atoms with E-state index in [2.05, 4.69) is 6.92 Å². The van der Waals surface area contributed by atoms with Gasteiger partial charge in [-0.25, -0.2) is 9.18 Å². The normalized spacial score (nSPS) is 12.2. The van der Waals surface area contributed by atoms with Crippen LogP contribution in [0.2, 0.25) is 0 Å². The summed E-state index contributed by atoms with van der Waals surface area (Å²) in [7, 11) is 0. The van der Waals surface area contributed by atoms with Crippen LogP contribution in [0.25, 0.3) is 0 Å². The topological polar surface area (TPSA) is 46.5 Å². The Balaban J connectivity index is 2.45. The van der Waals surface area contributed by atoms with Gasteiger partial charge in [0.2, 0.25) is 0 Å². The van der Waals surface area contributed by atoms with Gasteiger partial charge in [0.1, 0.15) is 11.6 Å². The first-order chi connectivity index (χ1) is 9.04. The zero-order valence-corrected chi connectivity index (χ0v) is 11.5. The Kier molecular flexibility index (Phi) is 6.33. The van der Waals surface area contributed by atoms with Gasteiger partial charge >= 0.3 is 5.97 Å². The Bertz CT molecular complexity index is 418. The van der Waals surface area contributed by atoms with Crippen molar-refractivity contribution >= 4 is 5.97 Å². The molecule has 0 aliphatic heterocycles. The molecule has 1 aromatic carbocycles. The number of phenols is 1. The van der Waals surface area contributed by atoms with E-state index >= 15 is 0 Å². The van der Waals surface area contributed by atoms with E-state index < -0.39 is 11.8 Å². The lowest BCUT2D eigenvalue weighted by molar-refractivity contribution is 0.0314. The van der Waals surface area contributed by atoms with Crippen molar-refractivity contribution in [3.8, 4) is 5.75 Å². The van der Waals surface area contributed by atoms with E-state index in [1.54, 1.807) is 0 Å². The number of aromatic hydroxyl groups is 1. The van der Waals surface area contributed by atoms with Gasteiger partial charge in [0.15, 0.2) is 0 Å². The number of rotatable bonds is 7. The number of carbonyl (C=O) groups excluding carboxylic acids is 1. The molecule has 1 atom stereocenters. The minimum atomic E-state index is -0.761. The van der Waals surface area contributed by atoms with Crippen molar-refractivity contribution in [2.75, 3.05) is 0 Å². The number of benzene rings is 1. The lowest BCUT2D eigenvalue weighted by Gasteiger charge is -2.13. The minimum absolute atomic E-state index is 0.141. The van der Waals surface area contributed by atoms with Gasteiger partial charge in [0.25, 0.3) is 0 Å². The Morgan fingerprint density at radius 2 is 2.11 bits per heavy atom. The Labute approximate surface area is 113 Å². The third-order valence-electron chi connectivity index (χ3n) is 2.95. The molecule has 0 saturated carbocycles. The second kappa shape index (κ2) is 7.77. The number of esters is 1. The lowest BCUT2D eigenvalue weighted by Crippen LogP contribution is -2.16. The van der Waals surface area contributed by atoms with E-state index in [0.29, 0.717) is 0 Å². The fourth-order valence-electron chi connectivity index (χ4n) is 1.83. The molecular formula is C15H21FO3. The van der Waals surface area contributed by atoms with Gasteiger partial charge in [-0.2, -0.15) is 0 Å². The second-order valence-corrected chi connectivity index (χ2v) is 4.73. The van der Waals surface area contributed by atoms with E-state index in [4.69, 9.17) is 9.84 Å².